The molecule has 4 aromatic rings. The van der Waals surface area contributed by atoms with Gasteiger partial charge in [0, 0.05) is 23.5 Å². The SMILES string of the molecule is Cc1noc(C)c1-c1cnc2ccn(S(=O)(=O)c3ccccc3F)c2c1. The Labute approximate surface area is 148 Å². The Bertz CT molecular complexity index is 1220. The van der Waals surface area contributed by atoms with E-state index in [-0.39, 0.29) is 4.90 Å². The lowest BCUT2D eigenvalue weighted by molar-refractivity contribution is 0.393. The first-order valence-electron chi connectivity index (χ1n) is 7.80. The smallest absolute Gasteiger partial charge is 0.271 e. The van der Waals surface area contributed by atoms with Crippen molar-refractivity contribution in [1.82, 2.24) is 14.1 Å². The second-order valence-corrected chi connectivity index (χ2v) is 7.66. The van der Waals surface area contributed by atoms with Gasteiger partial charge >= 0.3 is 0 Å². The molecule has 132 valence electrons. The summed E-state index contributed by atoms with van der Waals surface area (Å²) in [4.78, 5) is 3.93. The van der Waals surface area contributed by atoms with Gasteiger partial charge in [-0.15, -0.1) is 0 Å². The van der Waals surface area contributed by atoms with E-state index in [1.54, 1.807) is 32.2 Å². The minimum absolute atomic E-state index is 0.353. The third-order valence-corrected chi connectivity index (χ3v) is 5.92. The normalized spacial score (nSPS) is 12.0. The van der Waals surface area contributed by atoms with Gasteiger partial charge < -0.3 is 4.52 Å². The quantitative estimate of drug-likeness (QED) is 0.549. The van der Waals surface area contributed by atoms with Gasteiger partial charge in [-0.2, -0.15) is 0 Å². The molecule has 4 rings (SSSR count). The summed E-state index contributed by atoms with van der Waals surface area (Å²) in [6, 6.07) is 8.54. The van der Waals surface area contributed by atoms with Gasteiger partial charge in [-0.25, -0.2) is 16.8 Å². The van der Waals surface area contributed by atoms with Crippen molar-refractivity contribution in [3.05, 3.63) is 66.1 Å². The van der Waals surface area contributed by atoms with E-state index >= 15 is 0 Å². The third-order valence-electron chi connectivity index (χ3n) is 4.20. The van der Waals surface area contributed by atoms with Crippen LogP contribution in [0.25, 0.3) is 22.2 Å². The second kappa shape index (κ2) is 5.77. The van der Waals surface area contributed by atoms with Crippen molar-refractivity contribution >= 4 is 21.1 Å². The van der Waals surface area contributed by atoms with Crippen molar-refractivity contribution in [3.63, 3.8) is 0 Å². The molecule has 0 aliphatic heterocycles. The van der Waals surface area contributed by atoms with Crippen LogP contribution in [0.5, 0.6) is 0 Å². The molecule has 0 amide bonds. The highest BCUT2D eigenvalue weighted by atomic mass is 32.2. The maximum atomic E-state index is 14.1. The van der Waals surface area contributed by atoms with Crippen molar-refractivity contribution in [2.45, 2.75) is 18.7 Å². The van der Waals surface area contributed by atoms with Crippen molar-refractivity contribution in [2.24, 2.45) is 0 Å². The third kappa shape index (κ3) is 2.41. The lowest BCUT2D eigenvalue weighted by atomic mass is 10.1. The van der Waals surface area contributed by atoms with E-state index in [9.17, 15) is 12.8 Å². The molecular weight excluding hydrogens is 357 g/mol. The van der Waals surface area contributed by atoms with Crippen LogP contribution in [-0.2, 0) is 10.0 Å². The largest absolute Gasteiger partial charge is 0.361 e. The highest BCUT2D eigenvalue weighted by Crippen LogP contribution is 2.30. The fourth-order valence-corrected chi connectivity index (χ4v) is 4.39. The summed E-state index contributed by atoms with van der Waals surface area (Å²) in [6.45, 7) is 3.57. The number of hydrogen-bond donors (Lipinski definition) is 0. The number of hydrogen-bond acceptors (Lipinski definition) is 5. The molecular formula is C18H14FN3O3S. The minimum atomic E-state index is -4.10. The molecule has 3 aromatic heterocycles. The van der Waals surface area contributed by atoms with Gasteiger partial charge in [0.25, 0.3) is 10.0 Å². The Balaban J connectivity index is 1.95. The lowest BCUT2D eigenvalue weighted by Gasteiger charge is -2.09. The van der Waals surface area contributed by atoms with Crippen molar-refractivity contribution < 1.29 is 17.3 Å². The summed E-state index contributed by atoms with van der Waals surface area (Å²) in [5, 5.41) is 3.91. The van der Waals surface area contributed by atoms with E-state index in [1.165, 1.54) is 24.4 Å². The lowest BCUT2D eigenvalue weighted by Crippen LogP contribution is -2.13. The monoisotopic (exact) mass is 371 g/mol. The molecule has 0 aliphatic carbocycles. The van der Waals surface area contributed by atoms with E-state index in [0.717, 1.165) is 15.6 Å². The molecule has 0 bridgehead atoms. The molecule has 0 aliphatic rings. The van der Waals surface area contributed by atoms with E-state index in [2.05, 4.69) is 10.1 Å². The number of halogens is 1. The highest BCUT2D eigenvalue weighted by molar-refractivity contribution is 7.90. The summed E-state index contributed by atoms with van der Waals surface area (Å²) >= 11 is 0. The Kier molecular flexibility index (Phi) is 3.66. The van der Waals surface area contributed by atoms with Crippen LogP contribution in [0.4, 0.5) is 4.39 Å². The second-order valence-electron chi connectivity index (χ2n) is 5.87. The standard InChI is InChI=1S/C18H14FN3O3S/c1-11-18(12(2)25-21-11)13-9-16-15(20-10-13)7-8-22(16)26(23,24)17-6-4-3-5-14(17)19/h3-10H,1-2H3. The molecule has 3 heterocycles. The molecule has 0 radical (unpaired) electrons. The first kappa shape index (κ1) is 16.5. The molecule has 0 saturated heterocycles. The Hall–Kier alpha value is -3.00. The summed E-state index contributed by atoms with van der Waals surface area (Å²) < 4.78 is 46.1. The zero-order valence-corrected chi connectivity index (χ0v) is 14.8. The number of pyridine rings is 1. The number of fused-ring (bicyclic) bond motifs is 1. The van der Waals surface area contributed by atoms with Crippen molar-refractivity contribution in [1.29, 1.82) is 0 Å². The molecule has 1 aromatic carbocycles. The average molecular weight is 371 g/mol. The van der Waals surface area contributed by atoms with Gasteiger partial charge in [-0.05, 0) is 38.1 Å². The van der Waals surface area contributed by atoms with E-state index in [0.29, 0.717) is 28.1 Å². The van der Waals surface area contributed by atoms with Gasteiger partial charge in [0.15, 0.2) is 0 Å². The van der Waals surface area contributed by atoms with Crippen molar-refractivity contribution in [2.75, 3.05) is 0 Å². The first-order valence-corrected chi connectivity index (χ1v) is 9.24. The van der Waals surface area contributed by atoms with Gasteiger partial charge in [0.2, 0.25) is 0 Å². The zero-order chi connectivity index (χ0) is 18.5. The number of nitrogens with zero attached hydrogens (tertiary/aromatic N) is 3. The van der Waals surface area contributed by atoms with E-state index in [4.69, 9.17) is 4.52 Å². The fourth-order valence-electron chi connectivity index (χ4n) is 2.99. The van der Waals surface area contributed by atoms with Gasteiger partial charge in [-0.1, -0.05) is 17.3 Å². The predicted octanol–water partition coefficient (Wildman–Crippen LogP) is 3.68. The summed E-state index contributed by atoms with van der Waals surface area (Å²) in [5.74, 6) is -0.192. The molecule has 0 spiro atoms. The maximum absolute atomic E-state index is 14.1. The minimum Gasteiger partial charge on any atom is -0.361 e. The average Bonchev–Trinajstić information content (AvgIpc) is 3.18. The molecule has 0 unspecified atom stereocenters. The van der Waals surface area contributed by atoms with E-state index < -0.39 is 15.8 Å². The zero-order valence-electron chi connectivity index (χ0n) is 14.0. The Morgan fingerprint density at radius 2 is 1.92 bits per heavy atom. The van der Waals surface area contributed by atoms with Crippen LogP contribution in [0.15, 0.2) is 58.2 Å². The molecule has 0 saturated carbocycles. The molecule has 26 heavy (non-hydrogen) atoms. The molecule has 0 N–H and O–H groups in total. The van der Waals surface area contributed by atoms with Crippen LogP contribution in [-0.4, -0.2) is 22.5 Å². The summed E-state index contributed by atoms with van der Waals surface area (Å²) in [6.07, 6.45) is 3.01. The van der Waals surface area contributed by atoms with Gasteiger partial charge in [0.1, 0.15) is 16.5 Å². The molecule has 0 atom stereocenters. The van der Waals surface area contributed by atoms with Crippen LogP contribution < -0.4 is 0 Å². The Morgan fingerprint density at radius 1 is 1.15 bits per heavy atom. The number of rotatable bonds is 3. The van der Waals surface area contributed by atoms with Gasteiger partial charge in [-0.3, -0.25) is 4.98 Å². The predicted molar refractivity (Wildman–Crippen MR) is 93.7 cm³/mol. The van der Waals surface area contributed by atoms with Crippen LogP contribution in [0.2, 0.25) is 0 Å². The molecule has 6 nitrogen and oxygen atoms in total. The number of benzene rings is 1. The molecule has 8 heteroatoms. The van der Waals surface area contributed by atoms with E-state index in [1.807, 2.05) is 0 Å². The number of aryl methyl sites for hydroxylation is 2. The summed E-state index contributed by atoms with van der Waals surface area (Å²) in [7, 11) is -4.10. The topological polar surface area (TPSA) is 78.0 Å². The fraction of sp³-hybridized carbons (Fsp3) is 0.111. The summed E-state index contributed by atoms with van der Waals surface area (Å²) in [5.41, 5.74) is 2.96. The van der Waals surface area contributed by atoms with Gasteiger partial charge in [0.05, 0.1) is 16.7 Å². The first-order chi connectivity index (χ1) is 12.4. The molecule has 0 fully saturated rings. The van der Waals surface area contributed by atoms with Crippen LogP contribution in [0.1, 0.15) is 11.5 Å². The van der Waals surface area contributed by atoms with Crippen molar-refractivity contribution in [3.8, 4) is 11.1 Å². The maximum Gasteiger partial charge on any atom is 0.271 e. The van der Waals surface area contributed by atoms with Crippen LogP contribution in [0, 0.1) is 19.7 Å². The number of aromatic nitrogens is 3. The highest BCUT2D eigenvalue weighted by Gasteiger charge is 2.23. The van der Waals surface area contributed by atoms with Crippen LogP contribution >= 0.6 is 0 Å². The Morgan fingerprint density at radius 3 is 2.62 bits per heavy atom. The van der Waals surface area contributed by atoms with Crippen LogP contribution in [0.3, 0.4) is 0 Å².